The summed E-state index contributed by atoms with van der Waals surface area (Å²) in [5.74, 6) is -1.43. The number of aromatic carboxylic acids is 1. The number of anilines is 1. The van der Waals surface area contributed by atoms with Crippen molar-refractivity contribution >= 4 is 23.6 Å². The van der Waals surface area contributed by atoms with Crippen molar-refractivity contribution in [3.8, 4) is 0 Å². The Morgan fingerprint density at radius 3 is 2.50 bits per heavy atom. The lowest BCUT2D eigenvalue weighted by Gasteiger charge is -2.06. The van der Waals surface area contributed by atoms with Crippen molar-refractivity contribution in [2.45, 2.75) is 13.3 Å². The van der Waals surface area contributed by atoms with Gasteiger partial charge in [-0.05, 0) is 35.8 Å². The number of benzene rings is 2. The van der Waals surface area contributed by atoms with Crippen molar-refractivity contribution in [3.05, 3.63) is 71.3 Å². The first-order valence-electron chi connectivity index (χ1n) is 7.01. The number of carbonyl (C=O) groups is 2. The molecule has 112 valence electrons. The number of rotatable bonds is 5. The maximum Gasteiger partial charge on any atom is 0.337 e. The van der Waals surface area contributed by atoms with Crippen LogP contribution in [0.1, 0.15) is 28.4 Å². The van der Waals surface area contributed by atoms with Crippen LogP contribution in [0.5, 0.6) is 0 Å². The second kappa shape index (κ2) is 7.22. The average molecular weight is 295 g/mol. The third kappa shape index (κ3) is 3.82. The number of hydrogen-bond donors (Lipinski definition) is 2. The van der Waals surface area contributed by atoms with E-state index in [4.69, 9.17) is 5.11 Å². The molecule has 2 N–H and O–H groups in total. The van der Waals surface area contributed by atoms with Gasteiger partial charge in [0.1, 0.15) is 0 Å². The third-order valence-electron chi connectivity index (χ3n) is 3.27. The number of nitrogens with one attached hydrogen (secondary N) is 1. The van der Waals surface area contributed by atoms with E-state index in [9.17, 15) is 9.59 Å². The van der Waals surface area contributed by atoms with Crippen LogP contribution in [0.3, 0.4) is 0 Å². The molecule has 0 atom stereocenters. The molecule has 22 heavy (non-hydrogen) atoms. The summed E-state index contributed by atoms with van der Waals surface area (Å²) in [6.45, 7) is 2.05. The summed E-state index contributed by atoms with van der Waals surface area (Å²) in [5.41, 5.74) is 2.48. The van der Waals surface area contributed by atoms with E-state index in [1.807, 2.05) is 24.3 Å². The van der Waals surface area contributed by atoms with E-state index in [0.29, 0.717) is 0 Å². The Morgan fingerprint density at radius 1 is 1.09 bits per heavy atom. The minimum Gasteiger partial charge on any atom is -0.478 e. The molecular weight excluding hydrogens is 278 g/mol. The molecule has 2 rings (SSSR count). The minimum absolute atomic E-state index is 0.0678. The van der Waals surface area contributed by atoms with Crippen LogP contribution in [0, 0.1) is 0 Å². The van der Waals surface area contributed by atoms with E-state index in [0.717, 1.165) is 17.5 Å². The van der Waals surface area contributed by atoms with Crippen molar-refractivity contribution in [2.24, 2.45) is 0 Å². The number of amides is 1. The predicted octanol–water partition coefficient (Wildman–Crippen LogP) is 3.60. The molecule has 0 spiro atoms. The van der Waals surface area contributed by atoms with Gasteiger partial charge in [-0.1, -0.05) is 43.3 Å². The molecule has 0 aliphatic heterocycles. The summed E-state index contributed by atoms with van der Waals surface area (Å²) in [5, 5.41) is 11.7. The Balaban J connectivity index is 2.14. The first-order valence-corrected chi connectivity index (χ1v) is 7.01. The molecule has 0 saturated heterocycles. The molecular formula is C18H17NO3. The highest BCUT2D eigenvalue weighted by Gasteiger charge is 2.10. The zero-order valence-corrected chi connectivity index (χ0v) is 12.2. The van der Waals surface area contributed by atoms with Crippen LogP contribution in [0.15, 0.2) is 54.6 Å². The van der Waals surface area contributed by atoms with E-state index < -0.39 is 5.97 Å². The fourth-order valence-corrected chi connectivity index (χ4v) is 2.14. The summed E-state index contributed by atoms with van der Waals surface area (Å²) in [6.07, 6.45) is 4.02. The highest BCUT2D eigenvalue weighted by molar-refractivity contribution is 6.06. The van der Waals surface area contributed by atoms with Crippen molar-refractivity contribution in [3.63, 3.8) is 0 Å². The first kappa shape index (κ1) is 15.5. The zero-order valence-electron chi connectivity index (χ0n) is 12.2. The number of carboxylic acid groups (broad SMARTS) is 1. The summed E-state index contributed by atoms with van der Waals surface area (Å²) in [6, 6.07) is 14.1. The molecule has 0 unspecified atom stereocenters. The molecule has 0 bridgehead atoms. The van der Waals surface area contributed by atoms with Gasteiger partial charge in [0.15, 0.2) is 0 Å². The van der Waals surface area contributed by atoms with Crippen molar-refractivity contribution in [2.75, 3.05) is 5.32 Å². The maximum atomic E-state index is 12.0. The highest BCUT2D eigenvalue weighted by Crippen LogP contribution is 2.15. The predicted molar refractivity (Wildman–Crippen MR) is 86.9 cm³/mol. The smallest absolute Gasteiger partial charge is 0.337 e. The molecule has 4 nitrogen and oxygen atoms in total. The van der Waals surface area contributed by atoms with Gasteiger partial charge in [-0.25, -0.2) is 4.79 Å². The SMILES string of the molecule is CCc1ccccc1C=CC(=O)Nc1ccccc1C(=O)O. The van der Waals surface area contributed by atoms with Crippen LogP contribution < -0.4 is 5.32 Å². The minimum atomic E-state index is -1.07. The number of aryl methyl sites for hydroxylation is 1. The molecule has 1 amide bonds. The van der Waals surface area contributed by atoms with Gasteiger partial charge < -0.3 is 10.4 Å². The van der Waals surface area contributed by atoms with Gasteiger partial charge >= 0.3 is 5.97 Å². The molecule has 0 heterocycles. The summed E-state index contributed by atoms with van der Waals surface area (Å²) >= 11 is 0. The molecule has 0 saturated carbocycles. The molecule has 2 aromatic carbocycles. The summed E-state index contributed by atoms with van der Waals surface area (Å²) in [7, 11) is 0. The van der Waals surface area contributed by atoms with Gasteiger partial charge in [0, 0.05) is 6.08 Å². The second-order valence-corrected chi connectivity index (χ2v) is 4.73. The lowest BCUT2D eigenvalue weighted by molar-refractivity contribution is -0.111. The molecule has 4 heteroatoms. The normalized spacial score (nSPS) is 10.6. The van der Waals surface area contributed by atoms with Gasteiger partial charge in [-0.3, -0.25) is 4.79 Å². The lowest BCUT2D eigenvalue weighted by atomic mass is 10.1. The van der Waals surface area contributed by atoms with E-state index in [2.05, 4.69) is 12.2 Å². The Morgan fingerprint density at radius 2 is 1.77 bits per heavy atom. The fourth-order valence-electron chi connectivity index (χ4n) is 2.14. The quantitative estimate of drug-likeness (QED) is 0.828. The molecule has 0 aromatic heterocycles. The zero-order chi connectivity index (χ0) is 15.9. The average Bonchev–Trinajstić information content (AvgIpc) is 2.53. The number of carboxylic acids is 1. The maximum absolute atomic E-state index is 12.0. The molecule has 0 aliphatic rings. The van der Waals surface area contributed by atoms with E-state index in [1.165, 1.54) is 12.1 Å². The Hall–Kier alpha value is -2.88. The first-order chi connectivity index (χ1) is 10.6. The highest BCUT2D eigenvalue weighted by atomic mass is 16.4. The van der Waals surface area contributed by atoms with Crippen LogP contribution in [0.25, 0.3) is 6.08 Å². The van der Waals surface area contributed by atoms with Crippen LogP contribution in [0.4, 0.5) is 5.69 Å². The fraction of sp³-hybridized carbons (Fsp3) is 0.111. The van der Waals surface area contributed by atoms with Crippen LogP contribution in [0.2, 0.25) is 0 Å². The van der Waals surface area contributed by atoms with Gasteiger partial charge in [-0.2, -0.15) is 0 Å². The number of para-hydroxylation sites is 1. The largest absolute Gasteiger partial charge is 0.478 e. The lowest BCUT2D eigenvalue weighted by Crippen LogP contribution is -2.11. The van der Waals surface area contributed by atoms with Gasteiger partial charge in [0.25, 0.3) is 0 Å². The Labute approximate surface area is 129 Å². The van der Waals surface area contributed by atoms with Crippen LogP contribution in [-0.2, 0) is 11.2 Å². The summed E-state index contributed by atoms with van der Waals surface area (Å²) < 4.78 is 0. The van der Waals surface area contributed by atoms with Crippen molar-refractivity contribution in [1.29, 1.82) is 0 Å². The Bertz CT molecular complexity index is 720. The molecule has 0 radical (unpaired) electrons. The van der Waals surface area contributed by atoms with Crippen molar-refractivity contribution in [1.82, 2.24) is 0 Å². The number of hydrogen-bond acceptors (Lipinski definition) is 2. The monoisotopic (exact) mass is 295 g/mol. The van der Waals surface area contributed by atoms with E-state index >= 15 is 0 Å². The summed E-state index contributed by atoms with van der Waals surface area (Å²) in [4.78, 5) is 23.1. The van der Waals surface area contributed by atoms with Crippen molar-refractivity contribution < 1.29 is 14.7 Å². The molecule has 0 fully saturated rings. The van der Waals surface area contributed by atoms with E-state index in [-0.39, 0.29) is 17.2 Å². The topological polar surface area (TPSA) is 66.4 Å². The third-order valence-corrected chi connectivity index (χ3v) is 3.27. The van der Waals surface area contributed by atoms with Crippen LogP contribution in [-0.4, -0.2) is 17.0 Å². The van der Waals surface area contributed by atoms with Gasteiger partial charge in [-0.15, -0.1) is 0 Å². The molecule has 0 aliphatic carbocycles. The van der Waals surface area contributed by atoms with Gasteiger partial charge in [0.2, 0.25) is 5.91 Å². The molecule has 2 aromatic rings. The number of carbonyl (C=O) groups excluding carboxylic acids is 1. The van der Waals surface area contributed by atoms with Crippen LogP contribution >= 0.6 is 0 Å². The van der Waals surface area contributed by atoms with E-state index in [1.54, 1.807) is 24.3 Å². The van der Waals surface area contributed by atoms with Gasteiger partial charge in [0.05, 0.1) is 11.3 Å². The Kier molecular flexibility index (Phi) is 5.09. The second-order valence-electron chi connectivity index (χ2n) is 4.73. The standard InChI is InChI=1S/C18H17NO3/c1-2-13-7-3-4-8-14(13)11-12-17(20)19-16-10-6-5-9-15(16)18(21)22/h3-12H,2H2,1H3,(H,19,20)(H,21,22).